The smallest absolute Gasteiger partial charge is 0.306 e. The van der Waals surface area contributed by atoms with Gasteiger partial charge in [-0.2, -0.15) is 0 Å². The number of unbranched alkanes of at least 4 members (excludes halogenated alkanes) is 19. The monoisotopic (exact) mass is 1050 g/mol. The zero-order chi connectivity index (χ0) is 54.7. The maximum absolute atomic E-state index is 13.4. The fourth-order valence-corrected chi connectivity index (χ4v) is 8.30. The third-order valence-corrected chi connectivity index (χ3v) is 13.0. The molecule has 8 atom stereocenters. The van der Waals surface area contributed by atoms with Crippen molar-refractivity contribution in [3.8, 4) is 0 Å². The summed E-state index contributed by atoms with van der Waals surface area (Å²) in [5.41, 5.74) is 0. The Morgan fingerprint density at radius 2 is 1.01 bits per heavy atom. The highest BCUT2D eigenvalue weighted by atomic mass is 16.7. The Morgan fingerprint density at radius 3 is 1.59 bits per heavy atom. The van der Waals surface area contributed by atoms with E-state index in [0.29, 0.717) is 12.8 Å². The molecule has 1 aliphatic heterocycles. The van der Waals surface area contributed by atoms with E-state index in [-0.39, 0.29) is 19.4 Å². The summed E-state index contributed by atoms with van der Waals surface area (Å²) in [6.45, 7) is 5.55. The number of carbonyl (C=O) groups is 2. The second-order valence-corrected chi connectivity index (χ2v) is 19.8. The molecule has 1 aliphatic rings. The molecule has 426 valence electrons. The van der Waals surface area contributed by atoms with Crippen molar-refractivity contribution in [1.29, 1.82) is 0 Å². The number of carbonyl (C=O) groups excluding carboxylic acids is 2. The molecule has 0 radical (unpaired) electrons. The molecule has 75 heavy (non-hydrogen) atoms. The summed E-state index contributed by atoms with van der Waals surface area (Å²) in [7, 11) is 0. The zero-order valence-electron chi connectivity index (χ0n) is 46.9. The number of aliphatic hydroxyl groups excluding tert-OH is 5. The maximum atomic E-state index is 13.4. The van der Waals surface area contributed by atoms with Crippen molar-refractivity contribution in [1.82, 2.24) is 5.32 Å². The Labute approximate surface area is 455 Å². The number of allylic oxidation sites excluding steroid dienone is 19. The first kappa shape index (κ1) is 69.1. The van der Waals surface area contributed by atoms with Crippen LogP contribution in [-0.2, 0) is 23.8 Å². The maximum Gasteiger partial charge on any atom is 0.306 e. The Kier molecular flexibility index (Phi) is 46.8. The Morgan fingerprint density at radius 1 is 0.547 bits per heavy atom. The number of rotatable bonds is 47. The van der Waals surface area contributed by atoms with E-state index in [4.69, 9.17) is 14.2 Å². The van der Waals surface area contributed by atoms with Crippen LogP contribution in [0.25, 0.3) is 0 Å². The number of hydrogen-bond acceptors (Lipinski definition) is 10. The van der Waals surface area contributed by atoms with Crippen molar-refractivity contribution in [2.75, 3.05) is 13.2 Å². The molecule has 1 saturated heterocycles. The Balaban J connectivity index is 2.80. The Bertz CT molecular complexity index is 1680. The lowest BCUT2D eigenvalue weighted by Crippen LogP contribution is -2.61. The molecule has 0 aromatic rings. The summed E-state index contributed by atoms with van der Waals surface area (Å²) >= 11 is 0. The molecule has 11 nitrogen and oxygen atoms in total. The van der Waals surface area contributed by atoms with Crippen molar-refractivity contribution >= 4 is 11.9 Å². The largest absolute Gasteiger partial charge is 0.454 e. The highest BCUT2D eigenvalue weighted by Crippen LogP contribution is 2.26. The minimum absolute atomic E-state index is 0.0631. The molecule has 0 saturated carbocycles. The average Bonchev–Trinajstić information content (AvgIpc) is 3.41. The number of aliphatic hydroxyl groups is 5. The molecule has 11 heteroatoms. The standard InChI is InChI=1S/C64H105NO10/c1-4-7-10-13-16-19-22-25-27-28-29-31-33-36-39-42-45-48-51-57(68)63(72)65-55(56(67)50-47-44-41-38-35-32-24-21-18-15-12-9-6-3)54-73-64-62(61(71)60(70)58(53-66)74-64)75-59(69)52-49-46-43-40-37-34-30-26-23-20-17-14-11-8-5-2/h8,11,14,16-17,19-20,23,25-27,29-31,34,36-37,39,47,50,55-58,60-62,64,66-68,70-71H,4-7,9-10,12-13,15,18,21-22,24,28,32-33,35,38,40-46,48-49,51-54H2,1-3H3,(H,65,72)/b11-8+,17-14+,19-16-,23-20-,27-25-,30-26-,31-29-,37-34+,39-36-,50-47+. The van der Waals surface area contributed by atoms with Crippen LogP contribution < -0.4 is 5.32 Å². The van der Waals surface area contributed by atoms with Crippen LogP contribution in [0, 0.1) is 0 Å². The van der Waals surface area contributed by atoms with E-state index in [9.17, 15) is 35.1 Å². The van der Waals surface area contributed by atoms with Crippen molar-refractivity contribution in [3.63, 3.8) is 0 Å². The highest BCUT2D eigenvalue weighted by molar-refractivity contribution is 5.80. The van der Waals surface area contributed by atoms with E-state index in [1.165, 1.54) is 70.6 Å². The summed E-state index contributed by atoms with van der Waals surface area (Å²) in [5.74, 6) is -1.28. The zero-order valence-corrected chi connectivity index (χ0v) is 46.9. The lowest BCUT2D eigenvalue weighted by atomic mass is 9.99. The first-order valence-corrected chi connectivity index (χ1v) is 29.4. The molecular formula is C64H105NO10. The average molecular weight is 1050 g/mol. The van der Waals surface area contributed by atoms with Gasteiger partial charge in [-0.15, -0.1) is 0 Å². The Hall–Kier alpha value is -3.94. The van der Waals surface area contributed by atoms with Gasteiger partial charge in [0.25, 0.3) is 0 Å². The van der Waals surface area contributed by atoms with Gasteiger partial charge in [-0.05, 0) is 89.9 Å². The highest BCUT2D eigenvalue weighted by Gasteiger charge is 2.47. The third kappa shape index (κ3) is 39.1. The van der Waals surface area contributed by atoms with E-state index in [2.05, 4.69) is 86.8 Å². The SMILES string of the molecule is CC/C=C/C=C/C=C\C=C/C=C/CCCCCC(=O)OC1C(OCC(NC(=O)C(O)CCCC/C=C\C/C=C\C/C=C\C/C=C\CCCCC)C(O)/C=C/CCCCCCCCCCCCC)OC(CO)C(O)C1O. The molecule has 0 aliphatic carbocycles. The van der Waals surface area contributed by atoms with Gasteiger partial charge in [0.1, 0.15) is 24.4 Å². The molecule has 0 aromatic heterocycles. The third-order valence-electron chi connectivity index (χ3n) is 13.0. The molecule has 6 N–H and O–H groups in total. The predicted molar refractivity (Wildman–Crippen MR) is 310 cm³/mol. The molecule has 1 fully saturated rings. The topological polar surface area (TPSA) is 175 Å². The second-order valence-electron chi connectivity index (χ2n) is 19.8. The second kappa shape index (κ2) is 50.9. The normalized spacial score (nSPS) is 20.1. The minimum atomic E-state index is -1.64. The van der Waals surface area contributed by atoms with Crippen LogP contribution in [0.15, 0.2) is 122 Å². The first-order valence-electron chi connectivity index (χ1n) is 29.4. The number of esters is 1. The lowest BCUT2D eigenvalue weighted by molar-refractivity contribution is -0.305. The van der Waals surface area contributed by atoms with Crippen molar-refractivity contribution in [2.45, 2.75) is 256 Å². The minimum Gasteiger partial charge on any atom is -0.454 e. The summed E-state index contributed by atoms with van der Waals surface area (Å²) in [5, 5.41) is 56.8. The van der Waals surface area contributed by atoms with Crippen LogP contribution in [0.4, 0.5) is 0 Å². The van der Waals surface area contributed by atoms with Crippen molar-refractivity contribution < 1.29 is 49.3 Å². The van der Waals surface area contributed by atoms with Crippen LogP contribution in [0.3, 0.4) is 0 Å². The van der Waals surface area contributed by atoms with Gasteiger partial charge in [0.2, 0.25) is 5.91 Å². The fraction of sp³-hybridized carbons (Fsp3) is 0.656. The molecule has 0 spiro atoms. The quantitative estimate of drug-likeness (QED) is 0.0149. The van der Waals surface area contributed by atoms with Gasteiger partial charge in [0.15, 0.2) is 12.4 Å². The van der Waals surface area contributed by atoms with Gasteiger partial charge in [0, 0.05) is 6.42 Å². The van der Waals surface area contributed by atoms with Crippen LogP contribution >= 0.6 is 0 Å². The number of amides is 1. The summed E-state index contributed by atoms with van der Waals surface area (Å²) in [4.78, 5) is 26.5. The predicted octanol–water partition coefficient (Wildman–Crippen LogP) is 13.5. The molecule has 0 bridgehead atoms. The van der Waals surface area contributed by atoms with Gasteiger partial charge >= 0.3 is 5.97 Å². The van der Waals surface area contributed by atoms with E-state index in [1.54, 1.807) is 6.08 Å². The van der Waals surface area contributed by atoms with E-state index in [1.807, 2.05) is 54.7 Å². The van der Waals surface area contributed by atoms with Crippen molar-refractivity contribution in [2.24, 2.45) is 0 Å². The molecular weight excluding hydrogens is 943 g/mol. The van der Waals surface area contributed by atoms with Crippen LogP contribution in [-0.4, -0.2) is 99.6 Å². The van der Waals surface area contributed by atoms with E-state index >= 15 is 0 Å². The van der Waals surface area contributed by atoms with Crippen LogP contribution in [0.1, 0.15) is 207 Å². The van der Waals surface area contributed by atoms with Crippen LogP contribution in [0.2, 0.25) is 0 Å². The van der Waals surface area contributed by atoms with Gasteiger partial charge in [-0.1, -0.05) is 232 Å². The number of nitrogens with one attached hydrogen (secondary N) is 1. The fourth-order valence-electron chi connectivity index (χ4n) is 8.30. The van der Waals surface area contributed by atoms with Gasteiger partial charge in [-0.3, -0.25) is 9.59 Å². The number of hydrogen-bond donors (Lipinski definition) is 6. The van der Waals surface area contributed by atoms with E-state index < -0.39 is 67.4 Å². The van der Waals surface area contributed by atoms with Crippen LogP contribution in [0.5, 0.6) is 0 Å². The molecule has 0 aromatic carbocycles. The van der Waals surface area contributed by atoms with Gasteiger partial charge in [-0.25, -0.2) is 0 Å². The lowest BCUT2D eigenvalue weighted by Gasteiger charge is -2.41. The summed E-state index contributed by atoms with van der Waals surface area (Å²) in [6.07, 6.45) is 59.5. The first-order chi connectivity index (χ1) is 36.7. The molecule has 8 unspecified atom stereocenters. The summed E-state index contributed by atoms with van der Waals surface area (Å²) in [6, 6.07) is -1.06. The number of ether oxygens (including phenoxy) is 3. The van der Waals surface area contributed by atoms with E-state index in [0.717, 1.165) is 89.9 Å². The van der Waals surface area contributed by atoms with Gasteiger partial charge < -0.3 is 45.1 Å². The summed E-state index contributed by atoms with van der Waals surface area (Å²) < 4.78 is 17.5. The molecule has 1 heterocycles. The van der Waals surface area contributed by atoms with Gasteiger partial charge in [0.05, 0.1) is 25.4 Å². The molecule has 1 rings (SSSR count). The molecule has 1 amide bonds. The van der Waals surface area contributed by atoms with Crippen molar-refractivity contribution in [3.05, 3.63) is 122 Å².